The zero-order valence-corrected chi connectivity index (χ0v) is 15.6. The highest BCUT2D eigenvalue weighted by atomic mass is 16.5. The van der Waals surface area contributed by atoms with Crippen molar-refractivity contribution in [3.8, 4) is 28.5 Å². The first kappa shape index (κ1) is 17.0. The van der Waals surface area contributed by atoms with Gasteiger partial charge in [-0.25, -0.2) is 0 Å². The number of aromatic nitrogens is 9. The number of fused-ring (bicyclic) bond motifs is 1. The molecular formula is C18H15N9O2. The van der Waals surface area contributed by atoms with Gasteiger partial charge in [-0.1, -0.05) is 16.4 Å². The standard InChI is InChI=1S/C18H15N9O2/c1-11-6-15(24-29-11)17-22-21-16-7-14(12-4-3-5-19-8-12)18(23-27(16)17)28-10-13-9-26(2)25-20-13/h3-9H,10H2,1-2H3. The van der Waals surface area contributed by atoms with Gasteiger partial charge in [-0.2, -0.15) is 4.52 Å². The molecule has 0 amide bonds. The van der Waals surface area contributed by atoms with Crippen molar-refractivity contribution in [2.24, 2.45) is 7.05 Å². The predicted molar refractivity (Wildman–Crippen MR) is 99.6 cm³/mol. The Morgan fingerprint density at radius 3 is 2.83 bits per heavy atom. The molecule has 5 aromatic rings. The largest absolute Gasteiger partial charge is 0.470 e. The number of ether oxygens (including phenoxy) is 1. The van der Waals surface area contributed by atoms with Gasteiger partial charge >= 0.3 is 0 Å². The third-order valence-electron chi connectivity index (χ3n) is 4.20. The fourth-order valence-corrected chi connectivity index (χ4v) is 2.89. The molecule has 5 rings (SSSR count). The lowest BCUT2D eigenvalue weighted by molar-refractivity contribution is 0.286. The minimum absolute atomic E-state index is 0.208. The Labute approximate surface area is 164 Å². The maximum Gasteiger partial charge on any atom is 0.240 e. The lowest BCUT2D eigenvalue weighted by Gasteiger charge is -2.10. The van der Waals surface area contributed by atoms with Gasteiger partial charge in [0.25, 0.3) is 0 Å². The Kier molecular flexibility index (Phi) is 3.97. The van der Waals surface area contributed by atoms with Crippen molar-refractivity contribution in [1.82, 2.24) is 44.9 Å². The fourth-order valence-electron chi connectivity index (χ4n) is 2.89. The Hall–Kier alpha value is -4.15. The number of hydrogen-bond donors (Lipinski definition) is 0. The normalized spacial score (nSPS) is 11.2. The molecule has 0 spiro atoms. The molecule has 11 nitrogen and oxygen atoms in total. The number of rotatable bonds is 5. The fraction of sp³-hybridized carbons (Fsp3) is 0.167. The van der Waals surface area contributed by atoms with Crippen LogP contribution in [0.1, 0.15) is 11.5 Å². The van der Waals surface area contributed by atoms with E-state index in [1.807, 2.05) is 25.1 Å². The molecule has 0 N–H and O–H groups in total. The second-order valence-electron chi connectivity index (χ2n) is 6.39. The summed E-state index contributed by atoms with van der Waals surface area (Å²) in [5.41, 5.74) is 3.36. The van der Waals surface area contributed by atoms with Crippen LogP contribution < -0.4 is 4.74 Å². The summed E-state index contributed by atoms with van der Waals surface area (Å²) in [6.45, 7) is 2.02. The molecule has 5 heterocycles. The highest BCUT2D eigenvalue weighted by molar-refractivity contribution is 5.72. The average molecular weight is 389 g/mol. The van der Waals surface area contributed by atoms with E-state index in [4.69, 9.17) is 9.26 Å². The van der Waals surface area contributed by atoms with Gasteiger partial charge in [0.05, 0.1) is 11.8 Å². The second-order valence-corrected chi connectivity index (χ2v) is 6.39. The number of hydrogen-bond acceptors (Lipinski definition) is 9. The molecule has 11 heteroatoms. The van der Waals surface area contributed by atoms with Gasteiger partial charge in [0.2, 0.25) is 11.7 Å². The highest BCUT2D eigenvalue weighted by Gasteiger charge is 2.18. The molecular weight excluding hydrogens is 374 g/mol. The molecule has 0 unspecified atom stereocenters. The molecule has 0 bridgehead atoms. The van der Waals surface area contributed by atoms with E-state index in [1.54, 1.807) is 40.9 Å². The third kappa shape index (κ3) is 3.18. The van der Waals surface area contributed by atoms with Crippen LogP contribution in [-0.4, -0.2) is 44.9 Å². The minimum Gasteiger partial charge on any atom is -0.470 e. The molecule has 0 saturated carbocycles. The molecule has 0 aliphatic carbocycles. The van der Waals surface area contributed by atoms with Gasteiger partial charge in [-0.3, -0.25) is 9.67 Å². The van der Waals surface area contributed by atoms with Gasteiger partial charge in [0, 0.05) is 31.1 Å². The van der Waals surface area contributed by atoms with Crippen molar-refractivity contribution in [1.29, 1.82) is 0 Å². The molecule has 0 aliphatic rings. The van der Waals surface area contributed by atoms with Gasteiger partial charge in [-0.15, -0.1) is 20.4 Å². The van der Waals surface area contributed by atoms with Crippen LogP contribution in [0.25, 0.3) is 28.3 Å². The van der Waals surface area contributed by atoms with E-state index in [1.165, 1.54) is 0 Å². The van der Waals surface area contributed by atoms with Crippen molar-refractivity contribution in [2.75, 3.05) is 0 Å². The van der Waals surface area contributed by atoms with Crippen LogP contribution >= 0.6 is 0 Å². The topological polar surface area (TPSA) is 122 Å². The van der Waals surface area contributed by atoms with Crippen LogP contribution in [0.2, 0.25) is 0 Å². The van der Waals surface area contributed by atoms with Crippen molar-refractivity contribution in [3.05, 3.63) is 54.3 Å². The van der Waals surface area contributed by atoms with E-state index in [-0.39, 0.29) is 6.61 Å². The molecule has 0 saturated heterocycles. The maximum atomic E-state index is 5.99. The summed E-state index contributed by atoms with van der Waals surface area (Å²) in [5.74, 6) is 1.51. The third-order valence-corrected chi connectivity index (χ3v) is 4.20. The molecule has 0 atom stereocenters. The summed E-state index contributed by atoms with van der Waals surface area (Å²) in [4.78, 5) is 4.19. The van der Waals surface area contributed by atoms with Crippen LogP contribution in [0.4, 0.5) is 0 Å². The smallest absolute Gasteiger partial charge is 0.240 e. The summed E-state index contributed by atoms with van der Waals surface area (Å²) in [7, 11) is 1.80. The van der Waals surface area contributed by atoms with Crippen LogP contribution in [0, 0.1) is 6.92 Å². The van der Waals surface area contributed by atoms with E-state index in [9.17, 15) is 0 Å². The molecule has 0 radical (unpaired) electrons. The summed E-state index contributed by atoms with van der Waals surface area (Å²) in [6, 6.07) is 7.39. The predicted octanol–water partition coefficient (Wildman–Crippen LogP) is 1.86. The minimum atomic E-state index is 0.208. The van der Waals surface area contributed by atoms with Crippen LogP contribution in [-0.2, 0) is 13.7 Å². The second kappa shape index (κ2) is 6.78. The van der Waals surface area contributed by atoms with E-state index in [0.29, 0.717) is 34.5 Å². The van der Waals surface area contributed by atoms with Crippen LogP contribution in [0.15, 0.2) is 47.4 Å². The Morgan fingerprint density at radius 2 is 2.10 bits per heavy atom. The maximum absolute atomic E-state index is 5.99. The van der Waals surface area contributed by atoms with Gasteiger partial charge < -0.3 is 9.26 Å². The summed E-state index contributed by atoms with van der Waals surface area (Å²) in [6.07, 6.45) is 5.23. The molecule has 0 fully saturated rings. The van der Waals surface area contributed by atoms with Crippen molar-refractivity contribution < 1.29 is 9.26 Å². The number of nitrogens with zero attached hydrogens (tertiary/aromatic N) is 9. The lowest BCUT2D eigenvalue weighted by atomic mass is 10.1. The Bertz CT molecular complexity index is 1290. The molecule has 144 valence electrons. The first-order valence-corrected chi connectivity index (χ1v) is 8.76. The van der Waals surface area contributed by atoms with Crippen LogP contribution in [0.3, 0.4) is 0 Å². The van der Waals surface area contributed by atoms with E-state index >= 15 is 0 Å². The summed E-state index contributed by atoms with van der Waals surface area (Å²) in [5, 5.41) is 25.0. The summed E-state index contributed by atoms with van der Waals surface area (Å²) < 4.78 is 14.3. The number of pyridine rings is 1. The highest BCUT2D eigenvalue weighted by Crippen LogP contribution is 2.30. The van der Waals surface area contributed by atoms with Crippen molar-refractivity contribution in [3.63, 3.8) is 0 Å². The van der Waals surface area contributed by atoms with E-state index < -0.39 is 0 Å². The monoisotopic (exact) mass is 389 g/mol. The number of aryl methyl sites for hydroxylation is 2. The molecule has 29 heavy (non-hydrogen) atoms. The van der Waals surface area contributed by atoms with E-state index in [2.05, 4.69) is 35.7 Å². The first-order chi connectivity index (χ1) is 14.2. The molecule has 5 aromatic heterocycles. The average Bonchev–Trinajstić information content (AvgIpc) is 3.45. The summed E-state index contributed by atoms with van der Waals surface area (Å²) >= 11 is 0. The zero-order valence-electron chi connectivity index (χ0n) is 15.6. The van der Waals surface area contributed by atoms with Crippen molar-refractivity contribution in [2.45, 2.75) is 13.5 Å². The zero-order chi connectivity index (χ0) is 19.8. The molecule has 0 aromatic carbocycles. The quantitative estimate of drug-likeness (QED) is 0.443. The van der Waals surface area contributed by atoms with Crippen molar-refractivity contribution >= 4 is 5.65 Å². The van der Waals surface area contributed by atoms with Gasteiger partial charge in [0.1, 0.15) is 18.1 Å². The SMILES string of the molecule is Cc1cc(-c2nnc3cc(-c4cccnc4)c(OCc4cn(C)nn4)nn23)no1. The Morgan fingerprint density at radius 1 is 1.17 bits per heavy atom. The van der Waals surface area contributed by atoms with Gasteiger partial charge in [0.15, 0.2) is 11.3 Å². The molecule has 0 aliphatic heterocycles. The Balaban J connectivity index is 1.61. The lowest BCUT2D eigenvalue weighted by Crippen LogP contribution is -2.04. The first-order valence-electron chi connectivity index (χ1n) is 8.76. The van der Waals surface area contributed by atoms with Gasteiger partial charge in [-0.05, 0) is 19.1 Å². The van der Waals surface area contributed by atoms with Crippen LogP contribution in [0.5, 0.6) is 5.88 Å². The van der Waals surface area contributed by atoms with E-state index in [0.717, 1.165) is 11.1 Å².